The molecule has 0 aliphatic carbocycles. The van der Waals surface area contributed by atoms with Crippen LogP contribution in [-0.2, 0) is 7.05 Å². The SMILES string of the molecule is Cc1nn(C)c(-n2cccn2)c1C(N)=NO. The summed E-state index contributed by atoms with van der Waals surface area (Å²) in [4.78, 5) is 0. The Hall–Kier alpha value is -2.31. The monoisotopic (exact) mass is 220 g/mol. The molecule has 0 unspecified atom stereocenters. The molecule has 2 rings (SSSR count). The minimum Gasteiger partial charge on any atom is -0.409 e. The van der Waals surface area contributed by atoms with E-state index in [0.717, 1.165) is 0 Å². The van der Waals surface area contributed by atoms with E-state index >= 15 is 0 Å². The maximum absolute atomic E-state index is 8.74. The van der Waals surface area contributed by atoms with Crippen molar-refractivity contribution in [2.75, 3.05) is 0 Å². The van der Waals surface area contributed by atoms with Gasteiger partial charge in [-0.3, -0.25) is 4.68 Å². The van der Waals surface area contributed by atoms with Gasteiger partial charge in [0, 0.05) is 19.4 Å². The molecular formula is C9H12N6O. The summed E-state index contributed by atoms with van der Waals surface area (Å²) < 4.78 is 3.25. The number of nitrogens with zero attached hydrogens (tertiary/aromatic N) is 5. The molecule has 84 valence electrons. The molecule has 2 heterocycles. The number of oxime groups is 1. The van der Waals surface area contributed by atoms with E-state index in [1.165, 1.54) is 0 Å². The molecule has 2 aromatic heterocycles. The van der Waals surface area contributed by atoms with Crippen molar-refractivity contribution in [1.82, 2.24) is 19.6 Å². The summed E-state index contributed by atoms with van der Waals surface area (Å²) in [6.45, 7) is 1.79. The molecule has 0 fully saturated rings. The molecule has 3 N–H and O–H groups in total. The lowest BCUT2D eigenvalue weighted by molar-refractivity contribution is 0.318. The normalized spacial score (nSPS) is 12.0. The number of rotatable bonds is 2. The molecule has 0 aliphatic heterocycles. The van der Waals surface area contributed by atoms with Gasteiger partial charge in [-0.15, -0.1) is 0 Å². The van der Waals surface area contributed by atoms with Gasteiger partial charge in [-0.2, -0.15) is 10.2 Å². The van der Waals surface area contributed by atoms with Gasteiger partial charge in [0.05, 0.1) is 11.3 Å². The van der Waals surface area contributed by atoms with Crippen LogP contribution in [0.1, 0.15) is 11.3 Å². The van der Waals surface area contributed by atoms with Crippen molar-refractivity contribution in [3.63, 3.8) is 0 Å². The van der Waals surface area contributed by atoms with Crippen LogP contribution < -0.4 is 5.73 Å². The third-order valence-electron chi connectivity index (χ3n) is 2.28. The molecule has 0 bridgehead atoms. The summed E-state index contributed by atoms with van der Waals surface area (Å²) in [5, 5.41) is 20.1. The minimum atomic E-state index is 0.0242. The van der Waals surface area contributed by atoms with Crippen molar-refractivity contribution < 1.29 is 5.21 Å². The fraction of sp³-hybridized carbons (Fsp3) is 0.222. The molecule has 0 aromatic carbocycles. The lowest BCUT2D eigenvalue weighted by atomic mass is 10.2. The van der Waals surface area contributed by atoms with E-state index in [0.29, 0.717) is 17.1 Å². The van der Waals surface area contributed by atoms with E-state index in [2.05, 4.69) is 15.4 Å². The van der Waals surface area contributed by atoms with Crippen LogP contribution in [0.5, 0.6) is 0 Å². The van der Waals surface area contributed by atoms with Gasteiger partial charge in [-0.05, 0) is 13.0 Å². The van der Waals surface area contributed by atoms with Crippen LogP contribution in [-0.4, -0.2) is 30.6 Å². The van der Waals surface area contributed by atoms with Crippen molar-refractivity contribution in [2.24, 2.45) is 17.9 Å². The van der Waals surface area contributed by atoms with E-state index in [1.54, 1.807) is 41.8 Å². The molecule has 0 saturated heterocycles. The maximum atomic E-state index is 8.74. The molecule has 0 atom stereocenters. The summed E-state index contributed by atoms with van der Waals surface area (Å²) in [5.41, 5.74) is 6.88. The highest BCUT2D eigenvalue weighted by Gasteiger charge is 2.18. The van der Waals surface area contributed by atoms with Crippen LogP contribution in [0.25, 0.3) is 5.82 Å². The number of amidine groups is 1. The van der Waals surface area contributed by atoms with Crippen LogP contribution >= 0.6 is 0 Å². The first-order valence-corrected chi connectivity index (χ1v) is 4.66. The Morgan fingerprint density at radius 3 is 2.88 bits per heavy atom. The van der Waals surface area contributed by atoms with Crippen LogP contribution in [0.3, 0.4) is 0 Å². The van der Waals surface area contributed by atoms with Gasteiger partial charge in [0.2, 0.25) is 0 Å². The summed E-state index contributed by atoms with van der Waals surface area (Å²) in [7, 11) is 1.78. The zero-order valence-electron chi connectivity index (χ0n) is 8.99. The summed E-state index contributed by atoms with van der Waals surface area (Å²) in [6.07, 6.45) is 3.42. The number of hydrogen-bond acceptors (Lipinski definition) is 4. The van der Waals surface area contributed by atoms with E-state index in [4.69, 9.17) is 10.9 Å². The Morgan fingerprint density at radius 2 is 2.31 bits per heavy atom. The highest BCUT2D eigenvalue weighted by atomic mass is 16.4. The minimum absolute atomic E-state index is 0.0242. The number of hydrogen-bond donors (Lipinski definition) is 2. The summed E-state index contributed by atoms with van der Waals surface area (Å²) in [6, 6.07) is 1.79. The quantitative estimate of drug-likeness (QED) is 0.322. The third-order valence-corrected chi connectivity index (χ3v) is 2.28. The van der Waals surface area contributed by atoms with E-state index in [9.17, 15) is 0 Å². The standard InChI is InChI=1S/C9H12N6O/c1-6-7(8(10)13-16)9(14(2)12-6)15-5-3-4-11-15/h3-5,16H,1-2H3,(H2,10,13). The lowest BCUT2D eigenvalue weighted by Crippen LogP contribution is -2.17. The molecule has 16 heavy (non-hydrogen) atoms. The van der Waals surface area contributed by atoms with Crippen LogP contribution in [0.4, 0.5) is 0 Å². The van der Waals surface area contributed by atoms with Crippen LogP contribution in [0.15, 0.2) is 23.6 Å². The average Bonchev–Trinajstić information content (AvgIpc) is 2.84. The fourth-order valence-corrected chi connectivity index (χ4v) is 1.65. The smallest absolute Gasteiger partial charge is 0.175 e. The maximum Gasteiger partial charge on any atom is 0.175 e. The third kappa shape index (κ3) is 1.42. The summed E-state index contributed by atoms with van der Waals surface area (Å²) >= 11 is 0. The first kappa shape index (κ1) is 10.2. The Balaban J connectivity index is 2.69. The summed E-state index contributed by atoms with van der Waals surface area (Å²) in [5.74, 6) is 0.689. The first-order chi connectivity index (χ1) is 7.65. The van der Waals surface area contributed by atoms with Crippen LogP contribution in [0, 0.1) is 6.92 Å². The zero-order valence-corrected chi connectivity index (χ0v) is 8.99. The van der Waals surface area contributed by atoms with Gasteiger partial charge in [-0.25, -0.2) is 4.68 Å². The van der Waals surface area contributed by atoms with Gasteiger partial charge < -0.3 is 10.9 Å². The second-order valence-electron chi connectivity index (χ2n) is 3.34. The lowest BCUT2D eigenvalue weighted by Gasteiger charge is -2.04. The molecule has 7 heteroatoms. The molecule has 7 nitrogen and oxygen atoms in total. The highest BCUT2D eigenvalue weighted by Crippen LogP contribution is 2.16. The zero-order chi connectivity index (χ0) is 11.7. The Morgan fingerprint density at radius 1 is 1.56 bits per heavy atom. The van der Waals surface area contributed by atoms with Gasteiger partial charge in [0.15, 0.2) is 11.7 Å². The van der Waals surface area contributed by atoms with Crippen molar-refractivity contribution >= 4 is 5.84 Å². The van der Waals surface area contributed by atoms with E-state index < -0.39 is 0 Å². The largest absolute Gasteiger partial charge is 0.409 e. The molecular weight excluding hydrogens is 208 g/mol. The van der Waals surface area contributed by atoms with E-state index in [1.807, 2.05) is 0 Å². The van der Waals surface area contributed by atoms with Crippen molar-refractivity contribution in [1.29, 1.82) is 0 Å². The predicted octanol–water partition coefficient (Wildman–Crippen LogP) is 0.00872. The Bertz CT molecular complexity index is 524. The topological polar surface area (TPSA) is 94.2 Å². The predicted molar refractivity (Wildman–Crippen MR) is 57.6 cm³/mol. The second kappa shape index (κ2) is 3.69. The number of nitrogens with two attached hydrogens (primary N) is 1. The fourth-order valence-electron chi connectivity index (χ4n) is 1.65. The molecule has 0 aliphatic rings. The number of aryl methyl sites for hydroxylation is 2. The molecule has 0 saturated carbocycles. The van der Waals surface area contributed by atoms with Crippen molar-refractivity contribution in [3.8, 4) is 5.82 Å². The molecule has 2 aromatic rings. The van der Waals surface area contributed by atoms with Crippen molar-refractivity contribution in [3.05, 3.63) is 29.7 Å². The van der Waals surface area contributed by atoms with Gasteiger partial charge >= 0.3 is 0 Å². The van der Waals surface area contributed by atoms with Gasteiger partial charge in [0.1, 0.15) is 0 Å². The van der Waals surface area contributed by atoms with Gasteiger partial charge in [0.25, 0.3) is 0 Å². The number of aromatic nitrogens is 4. The van der Waals surface area contributed by atoms with E-state index in [-0.39, 0.29) is 5.84 Å². The van der Waals surface area contributed by atoms with Gasteiger partial charge in [-0.1, -0.05) is 5.16 Å². The molecule has 0 radical (unpaired) electrons. The molecule has 0 amide bonds. The van der Waals surface area contributed by atoms with Crippen molar-refractivity contribution in [2.45, 2.75) is 6.92 Å². The molecule has 0 spiro atoms. The Kier molecular flexibility index (Phi) is 2.35. The Labute approximate surface area is 91.8 Å². The van der Waals surface area contributed by atoms with Crippen LogP contribution in [0.2, 0.25) is 0 Å². The highest BCUT2D eigenvalue weighted by molar-refractivity contribution is 6.00. The first-order valence-electron chi connectivity index (χ1n) is 4.66. The second-order valence-corrected chi connectivity index (χ2v) is 3.34. The average molecular weight is 220 g/mol.